The molecule has 0 saturated carbocycles. The highest BCUT2D eigenvalue weighted by atomic mass is 127. The van der Waals surface area contributed by atoms with Crippen LogP contribution in [0.2, 0.25) is 0 Å². The van der Waals surface area contributed by atoms with E-state index in [2.05, 4.69) is 69.6 Å². The van der Waals surface area contributed by atoms with Crippen LogP contribution in [0.4, 0.5) is 0 Å². The molecule has 2 rings (SSSR count). The van der Waals surface area contributed by atoms with Crippen LogP contribution in [-0.4, -0.2) is 75.2 Å². The van der Waals surface area contributed by atoms with Crippen molar-refractivity contribution in [3.05, 3.63) is 35.9 Å². The largest absolute Gasteiger partial charge is 0.356 e. The SMILES string of the molecule is CCN1CCN(CCNC(=NC)NCC(C)c2ccccc2)CC1.I. The van der Waals surface area contributed by atoms with Crippen LogP contribution in [0.1, 0.15) is 25.3 Å². The molecule has 0 spiro atoms. The number of nitrogens with zero attached hydrogens (tertiary/aromatic N) is 3. The average Bonchev–Trinajstić information content (AvgIpc) is 2.65. The Balaban J connectivity index is 0.00000312. The standard InChI is InChI=1S/C19H33N5.HI/c1-4-23-12-14-24(15-13-23)11-10-21-19(20-3)22-16-17(2)18-8-6-5-7-9-18;/h5-9,17H,4,10-16H2,1-3H3,(H2,20,21,22);1H. The van der Waals surface area contributed by atoms with E-state index >= 15 is 0 Å². The van der Waals surface area contributed by atoms with Gasteiger partial charge in [0.1, 0.15) is 0 Å². The summed E-state index contributed by atoms with van der Waals surface area (Å²) in [6, 6.07) is 10.6. The summed E-state index contributed by atoms with van der Waals surface area (Å²) in [7, 11) is 1.84. The number of halogens is 1. The molecule has 1 aromatic carbocycles. The highest BCUT2D eigenvalue weighted by Crippen LogP contribution is 2.12. The Morgan fingerprint density at radius 2 is 1.72 bits per heavy atom. The zero-order valence-corrected chi connectivity index (χ0v) is 18.2. The summed E-state index contributed by atoms with van der Waals surface area (Å²) in [5.41, 5.74) is 1.36. The third-order valence-corrected chi connectivity index (χ3v) is 4.80. The predicted molar refractivity (Wildman–Crippen MR) is 118 cm³/mol. The summed E-state index contributed by atoms with van der Waals surface area (Å²) in [6.45, 7) is 13.3. The smallest absolute Gasteiger partial charge is 0.191 e. The van der Waals surface area contributed by atoms with E-state index in [1.54, 1.807) is 0 Å². The Hall–Kier alpha value is -0.860. The molecule has 1 fully saturated rings. The molecular formula is C19H34IN5. The maximum absolute atomic E-state index is 4.33. The van der Waals surface area contributed by atoms with E-state index in [4.69, 9.17) is 0 Å². The van der Waals surface area contributed by atoms with Gasteiger partial charge >= 0.3 is 0 Å². The Bertz CT molecular complexity index is 486. The van der Waals surface area contributed by atoms with Gasteiger partial charge in [0.05, 0.1) is 0 Å². The number of hydrogen-bond donors (Lipinski definition) is 2. The van der Waals surface area contributed by atoms with Gasteiger partial charge in [-0.25, -0.2) is 0 Å². The van der Waals surface area contributed by atoms with Crippen LogP contribution < -0.4 is 10.6 Å². The lowest BCUT2D eigenvalue weighted by Crippen LogP contribution is -2.49. The molecule has 2 N–H and O–H groups in total. The lowest BCUT2D eigenvalue weighted by Gasteiger charge is -2.34. The molecule has 1 aliphatic heterocycles. The minimum Gasteiger partial charge on any atom is -0.356 e. The second-order valence-electron chi connectivity index (χ2n) is 6.47. The van der Waals surface area contributed by atoms with E-state index in [-0.39, 0.29) is 24.0 Å². The topological polar surface area (TPSA) is 42.9 Å². The van der Waals surface area contributed by atoms with E-state index in [1.165, 1.54) is 38.3 Å². The van der Waals surface area contributed by atoms with Crippen molar-refractivity contribution < 1.29 is 0 Å². The Morgan fingerprint density at radius 3 is 2.32 bits per heavy atom. The van der Waals surface area contributed by atoms with E-state index in [0.29, 0.717) is 5.92 Å². The number of guanidine groups is 1. The third-order valence-electron chi connectivity index (χ3n) is 4.80. The molecule has 0 radical (unpaired) electrons. The first-order chi connectivity index (χ1) is 11.7. The predicted octanol–water partition coefficient (Wildman–Crippen LogP) is 2.21. The minimum atomic E-state index is 0. The van der Waals surface area contributed by atoms with Crippen LogP contribution in [0.3, 0.4) is 0 Å². The molecule has 1 aromatic rings. The van der Waals surface area contributed by atoms with Gasteiger partial charge < -0.3 is 15.5 Å². The fourth-order valence-electron chi connectivity index (χ4n) is 3.03. The van der Waals surface area contributed by atoms with Crippen LogP contribution >= 0.6 is 24.0 Å². The van der Waals surface area contributed by atoms with Gasteiger partial charge in [-0.2, -0.15) is 0 Å². The van der Waals surface area contributed by atoms with Crippen molar-refractivity contribution >= 4 is 29.9 Å². The normalized spacial score (nSPS) is 17.6. The van der Waals surface area contributed by atoms with E-state index in [9.17, 15) is 0 Å². The summed E-state index contributed by atoms with van der Waals surface area (Å²) in [6.07, 6.45) is 0. The number of likely N-dealkylation sites (N-methyl/N-ethyl adjacent to an activating group) is 1. The summed E-state index contributed by atoms with van der Waals surface area (Å²) >= 11 is 0. The molecule has 1 saturated heterocycles. The van der Waals surface area contributed by atoms with Crippen molar-refractivity contribution in [1.82, 2.24) is 20.4 Å². The van der Waals surface area contributed by atoms with E-state index in [1.807, 2.05) is 7.05 Å². The molecule has 142 valence electrons. The summed E-state index contributed by atoms with van der Waals surface area (Å²) < 4.78 is 0. The van der Waals surface area contributed by atoms with Crippen LogP contribution in [0, 0.1) is 0 Å². The van der Waals surface area contributed by atoms with Gasteiger partial charge in [-0.1, -0.05) is 44.2 Å². The molecule has 25 heavy (non-hydrogen) atoms. The first-order valence-electron chi connectivity index (χ1n) is 9.17. The molecule has 1 heterocycles. The molecule has 0 aromatic heterocycles. The summed E-state index contributed by atoms with van der Waals surface area (Å²) in [5.74, 6) is 1.36. The first kappa shape index (κ1) is 22.2. The molecule has 1 atom stereocenters. The van der Waals surface area contributed by atoms with Crippen LogP contribution in [0.5, 0.6) is 0 Å². The monoisotopic (exact) mass is 459 g/mol. The zero-order valence-electron chi connectivity index (χ0n) is 15.9. The fraction of sp³-hybridized carbons (Fsp3) is 0.632. The van der Waals surface area contributed by atoms with Gasteiger partial charge in [-0.3, -0.25) is 9.89 Å². The number of rotatable bonds is 7. The second-order valence-corrected chi connectivity index (χ2v) is 6.47. The highest BCUT2D eigenvalue weighted by Gasteiger charge is 2.14. The molecule has 5 nitrogen and oxygen atoms in total. The Morgan fingerprint density at radius 1 is 1.08 bits per heavy atom. The van der Waals surface area contributed by atoms with Crippen LogP contribution in [0.15, 0.2) is 35.3 Å². The number of hydrogen-bond acceptors (Lipinski definition) is 3. The fourth-order valence-corrected chi connectivity index (χ4v) is 3.03. The summed E-state index contributed by atoms with van der Waals surface area (Å²) in [4.78, 5) is 9.37. The molecule has 1 aliphatic rings. The molecular weight excluding hydrogens is 425 g/mol. The van der Waals surface area contributed by atoms with Crippen molar-refractivity contribution in [1.29, 1.82) is 0 Å². The Labute approximate surface area is 170 Å². The molecule has 0 aliphatic carbocycles. The quantitative estimate of drug-likeness (QED) is 0.373. The first-order valence-corrected chi connectivity index (χ1v) is 9.17. The molecule has 6 heteroatoms. The van der Waals surface area contributed by atoms with Gasteiger partial charge in [-0.05, 0) is 18.0 Å². The average molecular weight is 459 g/mol. The van der Waals surface area contributed by atoms with E-state index in [0.717, 1.165) is 25.6 Å². The lowest BCUT2D eigenvalue weighted by molar-refractivity contribution is 0.139. The molecule has 0 amide bonds. The van der Waals surface area contributed by atoms with Crippen molar-refractivity contribution in [2.24, 2.45) is 4.99 Å². The second kappa shape index (κ2) is 12.5. The van der Waals surface area contributed by atoms with Gasteiger partial charge in [-0.15, -0.1) is 24.0 Å². The van der Waals surface area contributed by atoms with Gasteiger partial charge in [0.15, 0.2) is 5.96 Å². The van der Waals surface area contributed by atoms with Gasteiger partial charge in [0.2, 0.25) is 0 Å². The summed E-state index contributed by atoms with van der Waals surface area (Å²) in [5, 5.41) is 6.87. The van der Waals surface area contributed by atoms with Crippen molar-refractivity contribution in [2.45, 2.75) is 19.8 Å². The van der Waals surface area contributed by atoms with Crippen molar-refractivity contribution in [2.75, 3.05) is 59.4 Å². The third kappa shape index (κ3) is 7.92. The maximum Gasteiger partial charge on any atom is 0.191 e. The number of aliphatic imine (C=N–C) groups is 1. The van der Waals surface area contributed by atoms with Crippen LogP contribution in [-0.2, 0) is 0 Å². The Kier molecular flexibility index (Phi) is 11.1. The van der Waals surface area contributed by atoms with E-state index < -0.39 is 0 Å². The van der Waals surface area contributed by atoms with Crippen molar-refractivity contribution in [3.8, 4) is 0 Å². The van der Waals surface area contributed by atoms with Crippen LogP contribution in [0.25, 0.3) is 0 Å². The van der Waals surface area contributed by atoms with Crippen molar-refractivity contribution in [3.63, 3.8) is 0 Å². The van der Waals surface area contributed by atoms with Gasteiger partial charge in [0, 0.05) is 52.9 Å². The maximum atomic E-state index is 4.33. The molecule has 1 unspecified atom stereocenters. The highest BCUT2D eigenvalue weighted by molar-refractivity contribution is 14.0. The minimum absolute atomic E-state index is 0. The molecule has 0 bridgehead atoms. The van der Waals surface area contributed by atoms with Gasteiger partial charge in [0.25, 0.3) is 0 Å². The lowest BCUT2D eigenvalue weighted by atomic mass is 10.0. The zero-order chi connectivity index (χ0) is 17.2. The number of nitrogens with one attached hydrogen (secondary N) is 2. The number of benzene rings is 1. The number of piperazine rings is 1.